The molecule has 0 fully saturated rings. The number of nitrogens with zero attached hydrogens (tertiary/aromatic N) is 1. The topological polar surface area (TPSA) is 112 Å². The van der Waals surface area contributed by atoms with Crippen molar-refractivity contribution in [1.82, 2.24) is 15.5 Å². The van der Waals surface area contributed by atoms with E-state index in [9.17, 15) is 19.5 Å². The van der Waals surface area contributed by atoms with Crippen molar-refractivity contribution in [1.29, 1.82) is 0 Å². The molecule has 120 valence electrons. The third-order valence-corrected chi connectivity index (χ3v) is 3.58. The van der Waals surface area contributed by atoms with Gasteiger partial charge in [0.1, 0.15) is 11.6 Å². The summed E-state index contributed by atoms with van der Waals surface area (Å²) in [7, 11) is 0. The number of nitrogens with one attached hydrogen (secondary N) is 2. The van der Waals surface area contributed by atoms with Gasteiger partial charge in [0.25, 0.3) is 11.5 Å². The number of hydrogen-bond donors (Lipinski definition) is 3. The third kappa shape index (κ3) is 3.82. The van der Waals surface area contributed by atoms with Gasteiger partial charge < -0.3 is 10.4 Å². The zero-order valence-electron chi connectivity index (χ0n) is 12.8. The summed E-state index contributed by atoms with van der Waals surface area (Å²) in [5.74, 6) is -1.89. The number of carbonyl (C=O) groups excluding carboxylic acids is 1. The number of aryl methyl sites for hydroxylation is 1. The van der Waals surface area contributed by atoms with Gasteiger partial charge in [0.15, 0.2) is 0 Å². The van der Waals surface area contributed by atoms with Crippen molar-refractivity contribution in [2.24, 2.45) is 0 Å². The number of carboxylic acid groups (broad SMARTS) is 1. The van der Waals surface area contributed by atoms with Crippen LogP contribution in [-0.4, -0.2) is 33.2 Å². The largest absolute Gasteiger partial charge is 0.480 e. The molecule has 1 aromatic carbocycles. The van der Waals surface area contributed by atoms with E-state index in [1.165, 1.54) is 0 Å². The molecular weight excluding hydrogens is 298 g/mol. The molecule has 3 N–H and O–H groups in total. The van der Waals surface area contributed by atoms with Gasteiger partial charge in [0.2, 0.25) is 0 Å². The lowest BCUT2D eigenvalue weighted by Gasteiger charge is -2.15. The summed E-state index contributed by atoms with van der Waals surface area (Å²) in [5, 5.41) is 17.7. The van der Waals surface area contributed by atoms with E-state index in [1.807, 2.05) is 6.07 Å². The van der Waals surface area contributed by atoms with E-state index in [1.54, 1.807) is 38.1 Å². The summed E-state index contributed by atoms with van der Waals surface area (Å²) in [5.41, 5.74) is 0.947. The lowest BCUT2D eigenvalue weighted by atomic mass is 10.0. The van der Waals surface area contributed by atoms with Crippen molar-refractivity contribution in [2.75, 3.05) is 0 Å². The molecule has 7 heteroatoms. The summed E-state index contributed by atoms with van der Waals surface area (Å²) in [6, 6.07) is 7.82. The second-order valence-corrected chi connectivity index (χ2v) is 5.19. The fraction of sp³-hybridized carbons (Fsp3) is 0.250. The van der Waals surface area contributed by atoms with E-state index < -0.39 is 23.5 Å². The van der Waals surface area contributed by atoms with Gasteiger partial charge in [0, 0.05) is 6.42 Å². The van der Waals surface area contributed by atoms with Gasteiger partial charge in [-0.3, -0.25) is 9.59 Å². The first-order chi connectivity index (χ1) is 10.9. The molecular formula is C16H17N3O4. The molecule has 2 aromatic rings. The summed E-state index contributed by atoms with van der Waals surface area (Å²) < 4.78 is 0. The summed E-state index contributed by atoms with van der Waals surface area (Å²) >= 11 is 0. The standard InChI is InChI=1S/C16H17N3O4/c1-9-10(2)18-19-15(21)13(9)14(20)17-12(16(22)23)8-11-6-4-3-5-7-11/h3-7,12H,8H2,1-2H3,(H,17,20)(H,19,21)(H,22,23). The molecule has 0 saturated carbocycles. The maximum atomic E-state index is 12.3. The van der Waals surface area contributed by atoms with Crippen LogP contribution in [0.4, 0.5) is 0 Å². The number of aliphatic carboxylic acids is 1. The average molecular weight is 315 g/mol. The lowest BCUT2D eigenvalue weighted by molar-refractivity contribution is -0.139. The van der Waals surface area contributed by atoms with Crippen molar-refractivity contribution < 1.29 is 14.7 Å². The number of carbonyl (C=O) groups is 2. The summed E-state index contributed by atoms with van der Waals surface area (Å²) in [6.07, 6.45) is 0.128. The van der Waals surface area contributed by atoms with E-state index in [4.69, 9.17) is 0 Å². The lowest BCUT2D eigenvalue weighted by Crippen LogP contribution is -2.44. The van der Waals surface area contributed by atoms with Gasteiger partial charge in [-0.2, -0.15) is 5.10 Å². The molecule has 1 atom stereocenters. The van der Waals surface area contributed by atoms with E-state index in [2.05, 4.69) is 15.5 Å². The quantitative estimate of drug-likeness (QED) is 0.756. The Morgan fingerprint density at radius 2 is 1.91 bits per heavy atom. The molecule has 1 amide bonds. The molecule has 0 aliphatic heterocycles. The van der Waals surface area contributed by atoms with Crippen molar-refractivity contribution in [3.05, 3.63) is 63.1 Å². The van der Waals surface area contributed by atoms with Crippen LogP contribution in [0, 0.1) is 13.8 Å². The van der Waals surface area contributed by atoms with Gasteiger partial charge in [-0.1, -0.05) is 30.3 Å². The van der Waals surface area contributed by atoms with Crippen LogP contribution in [0.1, 0.15) is 27.2 Å². The second-order valence-electron chi connectivity index (χ2n) is 5.19. The molecule has 0 bridgehead atoms. The Labute approximate surface area is 132 Å². The van der Waals surface area contributed by atoms with Crippen molar-refractivity contribution in [3.8, 4) is 0 Å². The maximum absolute atomic E-state index is 12.3. The first-order valence-electron chi connectivity index (χ1n) is 7.03. The monoisotopic (exact) mass is 315 g/mol. The predicted molar refractivity (Wildman–Crippen MR) is 83.4 cm³/mol. The highest BCUT2D eigenvalue weighted by Crippen LogP contribution is 2.07. The van der Waals surface area contributed by atoms with Crippen LogP contribution in [0.25, 0.3) is 0 Å². The number of benzene rings is 1. The molecule has 0 aliphatic rings. The number of hydrogen-bond acceptors (Lipinski definition) is 4. The smallest absolute Gasteiger partial charge is 0.326 e. The van der Waals surface area contributed by atoms with E-state index in [0.29, 0.717) is 11.3 Å². The van der Waals surface area contributed by atoms with Gasteiger partial charge in [-0.05, 0) is 25.0 Å². The van der Waals surface area contributed by atoms with E-state index >= 15 is 0 Å². The molecule has 23 heavy (non-hydrogen) atoms. The number of carboxylic acids is 1. The molecule has 0 spiro atoms. The van der Waals surface area contributed by atoms with Crippen molar-refractivity contribution >= 4 is 11.9 Å². The van der Waals surface area contributed by atoms with Crippen molar-refractivity contribution in [3.63, 3.8) is 0 Å². The highest BCUT2D eigenvalue weighted by atomic mass is 16.4. The van der Waals surface area contributed by atoms with Crippen LogP contribution in [0.2, 0.25) is 0 Å². The molecule has 0 radical (unpaired) electrons. The third-order valence-electron chi connectivity index (χ3n) is 3.58. The minimum absolute atomic E-state index is 0.114. The van der Waals surface area contributed by atoms with Crippen LogP contribution in [-0.2, 0) is 11.2 Å². The zero-order chi connectivity index (χ0) is 17.0. The SMILES string of the molecule is Cc1n[nH]c(=O)c(C(=O)NC(Cc2ccccc2)C(=O)O)c1C. The van der Waals surface area contributed by atoms with Gasteiger partial charge >= 0.3 is 5.97 Å². The highest BCUT2D eigenvalue weighted by Gasteiger charge is 2.24. The molecule has 2 rings (SSSR count). The Balaban J connectivity index is 2.24. The Morgan fingerprint density at radius 3 is 2.52 bits per heavy atom. The number of H-pyrrole nitrogens is 1. The summed E-state index contributed by atoms with van der Waals surface area (Å²) in [4.78, 5) is 35.5. The van der Waals surface area contributed by atoms with Gasteiger partial charge in [-0.15, -0.1) is 0 Å². The van der Waals surface area contributed by atoms with E-state index in [0.717, 1.165) is 5.56 Å². The highest BCUT2D eigenvalue weighted by molar-refractivity contribution is 5.97. The Hall–Kier alpha value is -2.96. The van der Waals surface area contributed by atoms with Crippen LogP contribution in [0.3, 0.4) is 0 Å². The van der Waals surface area contributed by atoms with Crippen LogP contribution < -0.4 is 10.9 Å². The minimum atomic E-state index is -1.16. The van der Waals surface area contributed by atoms with Crippen LogP contribution in [0.5, 0.6) is 0 Å². The Kier molecular flexibility index (Phi) is 4.90. The number of aromatic amines is 1. The van der Waals surface area contributed by atoms with Gasteiger partial charge in [-0.25, -0.2) is 9.89 Å². The molecule has 0 saturated heterocycles. The number of rotatable bonds is 5. The van der Waals surface area contributed by atoms with Gasteiger partial charge in [0.05, 0.1) is 5.69 Å². The van der Waals surface area contributed by atoms with Crippen LogP contribution in [0.15, 0.2) is 35.1 Å². The first-order valence-corrected chi connectivity index (χ1v) is 7.03. The van der Waals surface area contributed by atoms with Crippen molar-refractivity contribution in [2.45, 2.75) is 26.3 Å². The minimum Gasteiger partial charge on any atom is -0.480 e. The molecule has 1 aromatic heterocycles. The second kappa shape index (κ2) is 6.87. The average Bonchev–Trinajstić information content (AvgIpc) is 2.51. The Morgan fingerprint density at radius 1 is 1.26 bits per heavy atom. The zero-order valence-corrected chi connectivity index (χ0v) is 12.8. The fourth-order valence-corrected chi connectivity index (χ4v) is 2.18. The van der Waals surface area contributed by atoms with E-state index in [-0.39, 0.29) is 12.0 Å². The first kappa shape index (κ1) is 16.4. The predicted octanol–water partition coefficient (Wildman–Crippen LogP) is 0.812. The fourth-order valence-electron chi connectivity index (χ4n) is 2.18. The molecule has 1 unspecified atom stereocenters. The molecule has 7 nitrogen and oxygen atoms in total. The molecule has 0 aliphatic carbocycles. The number of amides is 1. The maximum Gasteiger partial charge on any atom is 0.326 e. The molecule has 1 heterocycles. The van der Waals surface area contributed by atoms with Crippen LogP contribution >= 0.6 is 0 Å². The number of aromatic nitrogens is 2. The summed E-state index contributed by atoms with van der Waals surface area (Å²) in [6.45, 7) is 3.25. The Bertz CT molecular complexity index is 784. The normalized spacial score (nSPS) is 11.7.